The molecule has 0 spiro atoms. The predicted octanol–water partition coefficient (Wildman–Crippen LogP) is 3.80. The lowest BCUT2D eigenvalue weighted by atomic mass is 10.1. The van der Waals surface area contributed by atoms with Crippen LogP contribution in [0.5, 0.6) is 0 Å². The number of benzene rings is 1. The van der Waals surface area contributed by atoms with Crippen LogP contribution in [0.15, 0.2) is 45.2 Å². The smallest absolute Gasteiger partial charge is 0.358 e. The lowest BCUT2D eigenvalue weighted by Crippen LogP contribution is -2.14. The number of hydrogen-bond donors (Lipinski definition) is 2. The molecule has 0 atom stereocenters. The van der Waals surface area contributed by atoms with E-state index in [0.29, 0.717) is 17.5 Å². The van der Waals surface area contributed by atoms with E-state index in [1.165, 1.54) is 12.1 Å². The molecule has 4 aromatic rings. The van der Waals surface area contributed by atoms with Gasteiger partial charge in [-0.3, -0.25) is 4.79 Å². The van der Waals surface area contributed by atoms with Crippen molar-refractivity contribution in [3.8, 4) is 22.9 Å². The zero-order chi connectivity index (χ0) is 23.9. The van der Waals surface area contributed by atoms with Crippen LogP contribution in [0.25, 0.3) is 22.9 Å². The number of carboxylic acid groups (broad SMARTS) is 1. The quantitative estimate of drug-likeness (QED) is 0.408. The number of hydrogen-bond acceptors (Lipinski definition) is 7. The minimum absolute atomic E-state index is 0.0855. The minimum atomic E-state index is -3.18. The van der Waals surface area contributed by atoms with E-state index in [1.807, 2.05) is 0 Å². The lowest BCUT2D eigenvalue weighted by molar-refractivity contribution is -0.00641. The average molecular weight is 478 g/mol. The van der Waals surface area contributed by atoms with Crippen molar-refractivity contribution in [3.05, 3.63) is 64.3 Å². The number of nitrogens with zero attached hydrogens (tertiary/aromatic N) is 4. The highest BCUT2D eigenvalue weighted by molar-refractivity contribution is 6.30. The van der Waals surface area contributed by atoms with E-state index >= 15 is 0 Å². The molecule has 0 aliphatic carbocycles. The molecule has 1 aromatic carbocycles. The van der Waals surface area contributed by atoms with Crippen molar-refractivity contribution in [3.63, 3.8) is 0 Å². The van der Waals surface area contributed by atoms with E-state index in [2.05, 4.69) is 15.2 Å². The van der Waals surface area contributed by atoms with Gasteiger partial charge in [-0.15, -0.1) is 10.2 Å². The molecule has 0 unspecified atom stereocenters. The third-order valence-electron chi connectivity index (χ3n) is 4.40. The van der Waals surface area contributed by atoms with Crippen molar-refractivity contribution in [2.45, 2.75) is 19.4 Å². The predicted molar refractivity (Wildman–Crippen MR) is 109 cm³/mol. The van der Waals surface area contributed by atoms with Gasteiger partial charge in [-0.1, -0.05) is 23.7 Å². The molecule has 3 aromatic heterocycles. The highest BCUT2D eigenvalue weighted by Gasteiger charge is 2.30. The third-order valence-corrected chi connectivity index (χ3v) is 4.63. The fraction of sp³-hybridized carbons (Fsp3) is 0.150. The highest BCUT2D eigenvalue weighted by Crippen LogP contribution is 2.32. The first-order valence-corrected chi connectivity index (χ1v) is 9.63. The molecule has 3 N–H and O–H groups in total. The zero-order valence-electron chi connectivity index (χ0n) is 16.8. The van der Waals surface area contributed by atoms with Gasteiger partial charge in [-0.05, 0) is 24.3 Å². The van der Waals surface area contributed by atoms with Crippen LogP contribution in [0, 0.1) is 0 Å². The maximum Gasteiger partial charge on any atom is 0.358 e. The first-order chi connectivity index (χ1) is 15.5. The monoisotopic (exact) mass is 477 g/mol. The van der Waals surface area contributed by atoms with E-state index < -0.39 is 29.3 Å². The van der Waals surface area contributed by atoms with Gasteiger partial charge in [-0.2, -0.15) is 18.6 Å². The summed E-state index contributed by atoms with van der Waals surface area (Å²) in [6, 6.07) is 8.64. The summed E-state index contributed by atoms with van der Waals surface area (Å²) in [5, 5.41) is 17.9. The maximum atomic E-state index is 13.4. The number of aromatic nitrogens is 4. The molecule has 0 bridgehead atoms. The van der Waals surface area contributed by atoms with E-state index in [4.69, 9.17) is 26.2 Å². The summed E-state index contributed by atoms with van der Waals surface area (Å²) in [4.78, 5) is 28.5. The summed E-state index contributed by atoms with van der Waals surface area (Å²) < 4.78 is 37.5. The van der Waals surface area contributed by atoms with Gasteiger partial charge < -0.3 is 19.7 Å². The van der Waals surface area contributed by atoms with Crippen LogP contribution in [0.3, 0.4) is 0 Å². The lowest BCUT2D eigenvalue weighted by Gasteiger charge is -2.05. The normalized spacial score (nSPS) is 11.6. The fourth-order valence-corrected chi connectivity index (χ4v) is 3.15. The molecule has 4 rings (SSSR count). The first-order valence-electron chi connectivity index (χ1n) is 9.25. The van der Waals surface area contributed by atoms with E-state index in [-0.39, 0.29) is 35.3 Å². The molecule has 3 heterocycles. The highest BCUT2D eigenvalue weighted by atomic mass is 35.5. The summed E-state index contributed by atoms with van der Waals surface area (Å²) in [5.74, 6) is -6.48. The van der Waals surface area contributed by atoms with Gasteiger partial charge in [0.25, 0.3) is 11.8 Å². The standard InChI is InChI=1S/C20H14ClF2N5O5/c1-20(22,23)12-6-5-11(32-12)8-28-26-13(17(24)29)14(27-28)18-25-15(19(30)31)16(33-18)9-3-2-4-10(21)7-9/h2-7H,8H2,1H3,(H2,24,29)(H,30,31). The summed E-state index contributed by atoms with van der Waals surface area (Å²) in [6.07, 6.45) is 0. The first kappa shape index (κ1) is 22.1. The van der Waals surface area contributed by atoms with Gasteiger partial charge in [0.1, 0.15) is 12.3 Å². The minimum Gasteiger partial charge on any atom is -0.476 e. The number of aromatic carboxylic acids is 1. The van der Waals surface area contributed by atoms with Crippen molar-refractivity contribution in [2.75, 3.05) is 0 Å². The number of carbonyl (C=O) groups is 2. The number of oxazole rings is 1. The van der Waals surface area contributed by atoms with E-state index in [9.17, 15) is 23.5 Å². The van der Waals surface area contributed by atoms with Crippen molar-refractivity contribution in [2.24, 2.45) is 5.73 Å². The third kappa shape index (κ3) is 4.46. The molecular weight excluding hydrogens is 464 g/mol. The largest absolute Gasteiger partial charge is 0.476 e. The van der Waals surface area contributed by atoms with E-state index in [0.717, 1.165) is 10.9 Å². The number of furan rings is 1. The molecule has 0 aliphatic heterocycles. The van der Waals surface area contributed by atoms with Crippen molar-refractivity contribution in [1.29, 1.82) is 0 Å². The average Bonchev–Trinajstić information content (AvgIpc) is 3.45. The molecule has 13 heteroatoms. The molecule has 170 valence electrons. The number of rotatable bonds is 7. The molecule has 0 radical (unpaired) electrons. The van der Waals surface area contributed by atoms with Crippen LogP contribution in [-0.2, 0) is 12.5 Å². The van der Waals surface area contributed by atoms with Crippen LogP contribution >= 0.6 is 11.6 Å². The summed E-state index contributed by atoms with van der Waals surface area (Å²) in [6.45, 7) is 0.467. The van der Waals surface area contributed by atoms with Gasteiger partial charge in [0, 0.05) is 17.5 Å². The molecule has 0 saturated heterocycles. The van der Waals surface area contributed by atoms with Crippen molar-refractivity contribution >= 4 is 23.5 Å². The van der Waals surface area contributed by atoms with Gasteiger partial charge in [0.05, 0.1) is 0 Å². The van der Waals surface area contributed by atoms with Gasteiger partial charge >= 0.3 is 11.9 Å². The molecule has 33 heavy (non-hydrogen) atoms. The van der Waals surface area contributed by atoms with Gasteiger partial charge in [0.2, 0.25) is 0 Å². The Morgan fingerprint density at radius 2 is 1.94 bits per heavy atom. The Balaban J connectivity index is 1.75. The van der Waals surface area contributed by atoms with Crippen LogP contribution in [0.4, 0.5) is 8.78 Å². The molecule has 1 amide bonds. The van der Waals surface area contributed by atoms with Crippen molar-refractivity contribution in [1.82, 2.24) is 20.0 Å². The molecule has 10 nitrogen and oxygen atoms in total. The van der Waals surface area contributed by atoms with Crippen LogP contribution < -0.4 is 5.73 Å². The summed E-state index contributed by atoms with van der Waals surface area (Å²) in [5.41, 5.74) is 4.66. The second-order valence-corrected chi connectivity index (χ2v) is 7.39. The Hall–Kier alpha value is -4.06. The Morgan fingerprint density at radius 3 is 2.55 bits per heavy atom. The van der Waals surface area contributed by atoms with E-state index in [1.54, 1.807) is 18.2 Å². The number of nitrogens with two attached hydrogens (primary N) is 1. The Morgan fingerprint density at radius 1 is 1.18 bits per heavy atom. The van der Waals surface area contributed by atoms with Crippen molar-refractivity contribution < 1.29 is 32.3 Å². The second kappa shape index (κ2) is 8.13. The maximum absolute atomic E-state index is 13.4. The molecule has 0 saturated carbocycles. The number of alkyl halides is 2. The Bertz CT molecular complexity index is 1370. The Labute approximate surface area is 188 Å². The van der Waals surface area contributed by atoms with Crippen LogP contribution in [-0.4, -0.2) is 37.0 Å². The topological polar surface area (TPSA) is 150 Å². The number of primary amides is 1. The number of carboxylic acids is 1. The zero-order valence-corrected chi connectivity index (χ0v) is 17.5. The second-order valence-electron chi connectivity index (χ2n) is 6.96. The van der Waals surface area contributed by atoms with Gasteiger partial charge in [-0.25, -0.2) is 4.79 Å². The number of amides is 1. The summed E-state index contributed by atoms with van der Waals surface area (Å²) in [7, 11) is 0. The van der Waals surface area contributed by atoms with Crippen LogP contribution in [0.2, 0.25) is 5.02 Å². The summed E-state index contributed by atoms with van der Waals surface area (Å²) >= 11 is 5.98. The fourth-order valence-electron chi connectivity index (χ4n) is 2.96. The number of halogens is 3. The molecule has 0 aliphatic rings. The van der Waals surface area contributed by atoms with Crippen LogP contribution in [0.1, 0.15) is 39.4 Å². The van der Waals surface area contributed by atoms with Gasteiger partial charge in [0.15, 0.2) is 28.6 Å². The molecular formula is C20H14ClF2N5O5. The SMILES string of the molecule is CC(F)(F)c1ccc(Cn2nc(C(N)=O)c(-c3nc(C(=O)O)c(-c4cccc(Cl)c4)o3)n2)o1. The molecule has 0 fully saturated rings. The number of carbonyl (C=O) groups excluding carboxylic acids is 1. The Kier molecular flexibility index (Phi) is 5.46.